The van der Waals surface area contributed by atoms with E-state index in [4.69, 9.17) is 9.72 Å². The quantitative estimate of drug-likeness (QED) is 0.428. The number of hydrogen-bond acceptors (Lipinski definition) is 5. The number of fused-ring (bicyclic) bond motifs is 1. The largest absolute Gasteiger partial charge is 0.457 e. The Morgan fingerprint density at radius 2 is 1.45 bits per heavy atom. The number of ether oxygens (including phenoxy) is 1. The summed E-state index contributed by atoms with van der Waals surface area (Å²) in [5.41, 5.74) is 3.61. The van der Waals surface area contributed by atoms with E-state index < -0.39 is 0 Å². The van der Waals surface area contributed by atoms with Crippen molar-refractivity contribution in [2.24, 2.45) is 0 Å². The lowest BCUT2D eigenvalue weighted by Gasteiger charge is -2.38. The molecule has 0 aliphatic carbocycles. The van der Waals surface area contributed by atoms with Crippen molar-refractivity contribution in [3.05, 3.63) is 112 Å². The molecule has 0 unspecified atom stereocenters. The topological polar surface area (TPSA) is 50.6 Å². The van der Waals surface area contributed by atoms with E-state index >= 15 is 0 Å². The van der Waals surface area contributed by atoms with Gasteiger partial charge in [-0.05, 0) is 55.8 Å². The average molecular weight is 439 g/mol. The summed E-state index contributed by atoms with van der Waals surface area (Å²) in [4.78, 5) is 22.2. The number of anilines is 2. The Bertz CT molecular complexity index is 1300. The zero-order valence-corrected chi connectivity index (χ0v) is 18.8. The van der Waals surface area contributed by atoms with Gasteiger partial charge in [-0.15, -0.1) is 0 Å². The molecule has 0 spiro atoms. The molecular formula is C27H26N4O2. The predicted octanol–water partition coefficient (Wildman–Crippen LogP) is 5.22. The van der Waals surface area contributed by atoms with Crippen LogP contribution < -0.4 is 15.2 Å². The van der Waals surface area contributed by atoms with Crippen LogP contribution in [-0.2, 0) is 13.2 Å². The van der Waals surface area contributed by atoms with Crippen molar-refractivity contribution in [2.75, 3.05) is 11.6 Å². The maximum absolute atomic E-state index is 13.1. The van der Waals surface area contributed by atoms with Crippen molar-refractivity contribution >= 4 is 11.6 Å². The third-order valence-electron chi connectivity index (χ3n) is 5.92. The molecule has 0 bridgehead atoms. The van der Waals surface area contributed by atoms with Gasteiger partial charge in [-0.2, -0.15) is 0 Å². The highest BCUT2D eigenvalue weighted by atomic mass is 16.5. The van der Waals surface area contributed by atoms with E-state index in [2.05, 4.69) is 21.9 Å². The fourth-order valence-corrected chi connectivity index (χ4v) is 4.04. The third-order valence-corrected chi connectivity index (χ3v) is 5.92. The van der Waals surface area contributed by atoms with Crippen LogP contribution in [0.5, 0.6) is 11.5 Å². The minimum absolute atomic E-state index is 0.00397. The molecule has 0 fully saturated rings. The third kappa shape index (κ3) is 4.38. The van der Waals surface area contributed by atoms with Gasteiger partial charge in [0.15, 0.2) is 0 Å². The number of benzene rings is 3. The van der Waals surface area contributed by atoms with E-state index in [9.17, 15) is 4.79 Å². The standard InChI is InChI=1S/C27H26N4O2/c1-20-21(2)28-27-30(23-13-15-25(16-14-23)33-24-11-7-4-8-12-24)18-29(19-31(27)26(20)32)17-22-9-5-3-6-10-22/h3-16H,17-19H2,1-2H3. The normalized spacial score (nSPS) is 13.6. The van der Waals surface area contributed by atoms with Gasteiger partial charge in [-0.3, -0.25) is 19.2 Å². The summed E-state index contributed by atoms with van der Waals surface area (Å²) in [7, 11) is 0. The molecule has 5 rings (SSSR count). The maximum Gasteiger partial charge on any atom is 0.259 e. The fourth-order valence-electron chi connectivity index (χ4n) is 4.04. The second kappa shape index (κ2) is 8.92. The summed E-state index contributed by atoms with van der Waals surface area (Å²) >= 11 is 0. The number of para-hydroxylation sites is 1. The Kier molecular flexibility index (Phi) is 5.67. The van der Waals surface area contributed by atoms with E-state index in [-0.39, 0.29) is 5.56 Å². The van der Waals surface area contributed by atoms with Crippen LogP contribution in [0.4, 0.5) is 11.6 Å². The molecule has 1 aliphatic heterocycles. The molecule has 33 heavy (non-hydrogen) atoms. The van der Waals surface area contributed by atoms with Gasteiger partial charge >= 0.3 is 0 Å². The smallest absolute Gasteiger partial charge is 0.259 e. The van der Waals surface area contributed by atoms with Crippen molar-refractivity contribution in [1.82, 2.24) is 14.5 Å². The van der Waals surface area contributed by atoms with Crippen molar-refractivity contribution in [3.8, 4) is 11.5 Å². The Labute approximate surface area is 193 Å². The second-order valence-corrected chi connectivity index (χ2v) is 8.29. The highest BCUT2D eigenvalue weighted by molar-refractivity contribution is 5.59. The van der Waals surface area contributed by atoms with Crippen LogP contribution in [0.1, 0.15) is 16.8 Å². The summed E-state index contributed by atoms with van der Waals surface area (Å²) in [6.07, 6.45) is 0. The van der Waals surface area contributed by atoms with Crippen LogP contribution >= 0.6 is 0 Å². The second-order valence-electron chi connectivity index (χ2n) is 8.29. The van der Waals surface area contributed by atoms with Gasteiger partial charge in [0.25, 0.3) is 5.56 Å². The molecule has 4 aromatic rings. The van der Waals surface area contributed by atoms with Crippen LogP contribution in [0, 0.1) is 13.8 Å². The SMILES string of the molecule is Cc1nc2n(c(=O)c1C)CN(Cc1ccccc1)CN2c1ccc(Oc2ccccc2)cc1. The fraction of sp³-hybridized carbons (Fsp3) is 0.185. The molecule has 1 aromatic heterocycles. The van der Waals surface area contributed by atoms with E-state index in [0.717, 1.165) is 29.4 Å². The van der Waals surface area contributed by atoms with Crippen molar-refractivity contribution < 1.29 is 4.74 Å². The van der Waals surface area contributed by atoms with Gasteiger partial charge in [-0.25, -0.2) is 4.98 Å². The van der Waals surface area contributed by atoms with Crippen LogP contribution in [0.15, 0.2) is 89.7 Å². The molecule has 0 atom stereocenters. The number of aryl methyl sites for hydroxylation is 1. The zero-order valence-electron chi connectivity index (χ0n) is 18.8. The molecule has 3 aromatic carbocycles. The Hall–Kier alpha value is -3.90. The number of aromatic nitrogens is 2. The number of hydrogen-bond donors (Lipinski definition) is 0. The van der Waals surface area contributed by atoms with E-state index in [0.29, 0.717) is 24.8 Å². The molecule has 0 saturated heterocycles. The maximum atomic E-state index is 13.1. The molecule has 6 nitrogen and oxygen atoms in total. The summed E-state index contributed by atoms with van der Waals surface area (Å²) in [6.45, 7) is 5.61. The van der Waals surface area contributed by atoms with Crippen molar-refractivity contribution in [2.45, 2.75) is 27.1 Å². The van der Waals surface area contributed by atoms with Crippen molar-refractivity contribution in [3.63, 3.8) is 0 Å². The lowest BCUT2D eigenvalue weighted by Crippen LogP contribution is -2.47. The highest BCUT2D eigenvalue weighted by Crippen LogP contribution is 2.31. The first kappa shape index (κ1) is 21.0. The lowest BCUT2D eigenvalue weighted by molar-refractivity contribution is 0.190. The Morgan fingerprint density at radius 1 is 0.818 bits per heavy atom. The van der Waals surface area contributed by atoms with Gasteiger partial charge < -0.3 is 4.74 Å². The molecule has 6 heteroatoms. The van der Waals surface area contributed by atoms with Gasteiger partial charge in [-0.1, -0.05) is 48.5 Å². The molecule has 0 N–H and O–H groups in total. The summed E-state index contributed by atoms with van der Waals surface area (Å²) in [5, 5.41) is 0. The number of nitrogens with zero attached hydrogens (tertiary/aromatic N) is 4. The predicted molar refractivity (Wildman–Crippen MR) is 130 cm³/mol. The molecule has 1 aliphatic rings. The number of rotatable bonds is 5. The van der Waals surface area contributed by atoms with Gasteiger partial charge in [0, 0.05) is 23.5 Å². The molecule has 2 heterocycles. The summed E-state index contributed by atoms with van der Waals surface area (Å²) in [5.74, 6) is 2.22. The average Bonchev–Trinajstić information content (AvgIpc) is 2.85. The monoisotopic (exact) mass is 438 g/mol. The molecular weight excluding hydrogens is 412 g/mol. The van der Waals surface area contributed by atoms with E-state index in [1.165, 1.54) is 5.56 Å². The first-order valence-corrected chi connectivity index (χ1v) is 11.0. The molecule has 0 amide bonds. The summed E-state index contributed by atoms with van der Waals surface area (Å²) in [6, 6.07) is 27.9. The summed E-state index contributed by atoms with van der Waals surface area (Å²) < 4.78 is 7.71. The lowest BCUT2D eigenvalue weighted by atomic mass is 10.2. The minimum atomic E-state index is 0.00397. The van der Waals surface area contributed by atoms with Gasteiger partial charge in [0.2, 0.25) is 5.95 Å². The first-order valence-electron chi connectivity index (χ1n) is 11.0. The van der Waals surface area contributed by atoms with Gasteiger partial charge in [0.05, 0.1) is 13.3 Å². The molecule has 0 saturated carbocycles. The minimum Gasteiger partial charge on any atom is -0.457 e. The highest BCUT2D eigenvalue weighted by Gasteiger charge is 2.27. The van der Waals surface area contributed by atoms with E-state index in [1.807, 2.05) is 86.6 Å². The van der Waals surface area contributed by atoms with Crippen LogP contribution in [-0.4, -0.2) is 21.1 Å². The Morgan fingerprint density at radius 3 is 2.15 bits per heavy atom. The van der Waals surface area contributed by atoms with Crippen LogP contribution in [0.25, 0.3) is 0 Å². The molecule has 166 valence electrons. The van der Waals surface area contributed by atoms with Crippen molar-refractivity contribution in [1.29, 1.82) is 0 Å². The first-order chi connectivity index (χ1) is 16.1. The molecule has 0 radical (unpaired) electrons. The van der Waals surface area contributed by atoms with Crippen LogP contribution in [0.3, 0.4) is 0 Å². The van der Waals surface area contributed by atoms with E-state index in [1.54, 1.807) is 4.57 Å². The Balaban J connectivity index is 1.48. The van der Waals surface area contributed by atoms with Gasteiger partial charge in [0.1, 0.15) is 11.5 Å². The zero-order chi connectivity index (χ0) is 22.8. The van der Waals surface area contributed by atoms with Crippen LogP contribution in [0.2, 0.25) is 0 Å².